The molecule has 0 amide bonds. The Bertz CT molecular complexity index is 532. The fourth-order valence-corrected chi connectivity index (χ4v) is 1.42. The van der Waals surface area contributed by atoms with Crippen molar-refractivity contribution in [1.82, 2.24) is 15.0 Å². The lowest BCUT2D eigenvalue weighted by Gasteiger charge is -2.06. The molecule has 0 saturated heterocycles. The second-order valence-corrected chi connectivity index (χ2v) is 3.57. The normalized spacial score (nSPS) is 12.9. The Kier molecular flexibility index (Phi) is 2.47. The fourth-order valence-electron chi connectivity index (χ4n) is 1.42. The van der Waals surface area contributed by atoms with Gasteiger partial charge in [0.2, 0.25) is 0 Å². The van der Waals surface area contributed by atoms with Crippen LogP contribution in [0.25, 0.3) is 10.9 Å². The Balaban J connectivity index is 2.60. The smallest absolute Gasteiger partial charge is 0.277 e. The maximum atomic E-state index is 11.9. The molecule has 5 nitrogen and oxygen atoms in total. The molecule has 0 fully saturated rings. The summed E-state index contributed by atoms with van der Waals surface area (Å²) in [5, 5.41) is 8.35. The van der Waals surface area contributed by atoms with E-state index in [4.69, 9.17) is 5.73 Å². The fraction of sp³-hybridized carbons (Fsp3) is 0.300. The quantitative estimate of drug-likeness (QED) is 0.755. The molecular weight excluding hydrogens is 192 g/mol. The Labute approximate surface area is 86.5 Å². The Morgan fingerprint density at radius 2 is 2.20 bits per heavy atom. The first-order valence-corrected chi connectivity index (χ1v) is 4.76. The van der Waals surface area contributed by atoms with Crippen molar-refractivity contribution in [3.63, 3.8) is 0 Å². The van der Waals surface area contributed by atoms with Crippen molar-refractivity contribution in [3.05, 3.63) is 34.6 Å². The van der Waals surface area contributed by atoms with Gasteiger partial charge in [-0.3, -0.25) is 4.79 Å². The number of benzene rings is 1. The molecule has 5 heteroatoms. The van der Waals surface area contributed by atoms with Gasteiger partial charge in [0.1, 0.15) is 5.52 Å². The Hall–Kier alpha value is -1.75. The third kappa shape index (κ3) is 1.87. The van der Waals surface area contributed by atoms with E-state index in [1.54, 1.807) is 12.1 Å². The van der Waals surface area contributed by atoms with Crippen molar-refractivity contribution in [2.75, 3.05) is 0 Å². The zero-order valence-corrected chi connectivity index (χ0v) is 8.42. The van der Waals surface area contributed by atoms with E-state index in [2.05, 4.69) is 10.3 Å². The maximum absolute atomic E-state index is 11.9. The predicted octanol–water partition coefficient (Wildman–Crippen LogP) is 0.139. The highest BCUT2D eigenvalue weighted by Gasteiger charge is 2.05. The van der Waals surface area contributed by atoms with Crippen LogP contribution in [0.5, 0.6) is 0 Å². The van der Waals surface area contributed by atoms with Crippen molar-refractivity contribution in [1.29, 1.82) is 0 Å². The summed E-state index contributed by atoms with van der Waals surface area (Å²) >= 11 is 0. The number of hydrogen-bond donors (Lipinski definition) is 1. The number of nitrogens with two attached hydrogens (primary N) is 1. The van der Waals surface area contributed by atoms with E-state index >= 15 is 0 Å². The van der Waals surface area contributed by atoms with Crippen LogP contribution in [-0.4, -0.2) is 21.0 Å². The van der Waals surface area contributed by atoms with Gasteiger partial charge in [-0.05, 0) is 19.1 Å². The van der Waals surface area contributed by atoms with Gasteiger partial charge in [0.25, 0.3) is 5.56 Å². The molecule has 1 atom stereocenters. The van der Waals surface area contributed by atoms with Crippen LogP contribution in [0.1, 0.15) is 6.92 Å². The van der Waals surface area contributed by atoms with Gasteiger partial charge < -0.3 is 5.73 Å². The van der Waals surface area contributed by atoms with Crippen LogP contribution < -0.4 is 11.3 Å². The summed E-state index contributed by atoms with van der Waals surface area (Å²) in [5.41, 5.74) is 6.08. The van der Waals surface area contributed by atoms with Crippen LogP contribution in [0.4, 0.5) is 0 Å². The van der Waals surface area contributed by atoms with Gasteiger partial charge >= 0.3 is 0 Å². The van der Waals surface area contributed by atoms with Gasteiger partial charge in [-0.2, -0.15) is 0 Å². The van der Waals surface area contributed by atoms with Gasteiger partial charge in [0.15, 0.2) is 0 Å². The molecule has 2 rings (SSSR count). The maximum Gasteiger partial charge on any atom is 0.277 e. The van der Waals surface area contributed by atoms with E-state index in [0.29, 0.717) is 17.4 Å². The van der Waals surface area contributed by atoms with E-state index < -0.39 is 0 Å². The number of fused-ring (bicyclic) bond motifs is 1. The minimum absolute atomic E-state index is 0.113. The Morgan fingerprint density at radius 1 is 1.47 bits per heavy atom. The lowest BCUT2D eigenvalue weighted by atomic mass is 10.2. The summed E-state index contributed by atoms with van der Waals surface area (Å²) in [5.74, 6) is 0. The average Bonchev–Trinajstić information content (AvgIpc) is 2.22. The standard InChI is InChI=1S/C10H12N4O/c1-7(11)6-14-10(15)8-4-2-3-5-9(8)12-13-14/h2-5,7H,6,11H2,1H3/t7-/m0/s1. The van der Waals surface area contributed by atoms with Crippen LogP contribution in [0.2, 0.25) is 0 Å². The molecule has 78 valence electrons. The average molecular weight is 204 g/mol. The minimum Gasteiger partial charge on any atom is -0.326 e. The van der Waals surface area contributed by atoms with E-state index in [1.807, 2.05) is 19.1 Å². The van der Waals surface area contributed by atoms with Crippen LogP contribution >= 0.6 is 0 Å². The van der Waals surface area contributed by atoms with Crippen LogP contribution in [0, 0.1) is 0 Å². The van der Waals surface area contributed by atoms with E-state index in [0.717, 1.165) is 0 Å². The SMILES string of the molecule is C[C@H](N)Cn1nnc2ccccc2c1=O. The van der Waals surface area contributed by atoms with Crippen molar-refractivity contribution in [2.24, 2.45) is 5.73 Å². The molecule has 0 saturated carbocycles. The second-order valence-electron chi connectivity index (χ2n) is 3.57. The Morgan fingerprint density at radius 3 is 2.93 bits per heavy atom. The first kappa shape index (κ1) is 9.79. The number of nitrogens with zero attached hydrogens (tertiary/aromatic N) is 3. The summed E-state index contributed by atoms with van der Waals surface area (Å²) in [6.07, 6.45) is 0. The van der Waals surface area contributed by atoms with Gasteiger partial charge in [0.05, 0.1) is 11.9 Å². The zero-order valence-electron chi connectivity index (χ0n) is 8.42. The largest absolute Gasteiger partial charge is 0.326 e. The number of hydrogen-bond acceptors (Lipinski definition) is 4. The molecule has 1 aromatic carbocycles. The number of rotatable bonds is 2. The number of aromatic nitrogens is 3. The lowest BCUT2D eigenvalue weighted by molar-refractivity contribution is 0.495. The third-order valence-corrected chi connectivity index (χ3v) is 2.09. The topological polar surface area (TPSA) is 73.8 Å². The molecule has 15 heavy (non-hydrogen) atoms. The van der Waals surface area contributed by atoms with Crippen molar-refractivity contribution >= 4 is 10.9 Å². The molecule has 0 aliphatic rings. The molecular formula is C10H12N4O. The summed E-state index contributed by atoms with van der Waals surface area (Å²) in [4.78, 5) is 11.9. The van der Waals surface area contributed by atoms with Gasteiger partial charge in [-0.1, -0.05) is 17.3 Å². The summed E-state index contributed by atoms with van der Waals surface area (Å²) in [7, 11) is 0. The van der Waals surface area contributed by atoms with Gasteiger partial charge in [-0.25, -0.2) is 4.68 Å². The molecule has 0 spiro atoms. The summed E-state index contributed by atoms with van der Waals surface area (Å²) in [6.45, 7) is 2.21. The first-order valence-electron chi connectivity index (χ1n) is 4.76. The molecule has 1 aromatic heterocycles. The molecule has 0 bridgehead atoms. The molecule has 1 heterocycles. The van der Waals surface area contributed by atoms with Gasteiger partial charge in [-0.15, -0.1) is 5.10 Å². The molecule has 0 unspecified atom stereocenters. The highest BCUT2D eigenvalue weighted by Crippen LogP contribution is 2.03. The lowest BCUT2D eigenvalue weighted by Crippen LogP contribution is -2.32. The van der Waals surface area contributed by atoms with Crippen molar-refractivity contribution < 1.29 is 0 Å². The monoisotopic (exact) mass is 204 g/mol. The molecule has 2 N–H and O–H groups in total. The van der Waals surface area contributed by atoms with E-state index in [1.165, 1.54) is 4.68 Å². The molecule has 0 aliphatic heterocycles. The highest BCUT2D eigenvalue weighted by atomic mass is 16.1. The molecule has 0 aliphatic carbocycles. The van der Waals surface area contributed by atoms with Crippen molar-refractivity contribution in [3.8, 4) is 0 Å². The summed E-state index contributed by atoms with van der Waals surface area (Å²) in [6, 6.07) is 7.02. The second kappa shape index (κ2) is 3.78. The highest BCUT2D eigenvalue weighted by molar-refractivity contribution is 5.76. The molecule has 2 aromatic rings. The summed E-state index contributed by atoms with van der Waals surface area (Å²) < 4.78 is 1.30. The predicted molar refractivity (Wildman–Crippen MR) is 57.4 cm³/mol. The van der Waals surface area contributed by atoms with Crippen LogP contribution in [-0.2, 0) is 6.54 Å². The van der Waals surface area contributed by atoms with Crippen LogP contribution in [0.15, 0.2) is 29.1 Å². The third-order valence-electron chi connectivity index (χ3n) is 2.09. The van der Waals surface area contributed by atoms with Gasteiger partial charge in [0, 0.05) is 6.04 Å². The van der Waals surface area contributed by atoms with Crippen molar-refractivity contribution in [2.45, 2.75) is 19.5 Å². The van der Waals surface area contributed by atoms with E-state index in [-0.39, 0.29) is 11.6 Å². The first-order chi connectivity index (χ1) is 7.18. The molecule has 0 radical (unpaired) electrons. The zero-order chi connectivity index (χ0) is 10.8. The minimum atomic E-state index is -0.141. The van der Waals surface area contributed by atoms with Crippen LogP contribution in [0.3, 0.4) is 0 Å². The van der Waals surface area contributed by atoms with E-state index in [9.17, 15) is 4.79 Å².